The molecule has 2 atom stereocenters. The molecule has 2 saturated heterocycles. The van der Waals surface area contributed by atoms with Crippen LogP contribution in [0.2, 0.25) is 0 Å². The number of hydrogen-bond acceptors (Lipinski definition) is 5. The Morgan fingerprint density at radius 3 is 2.41 bits per heavy atom. The van der Waals surface area contributed by atoms with Crippen molar-refractivity contribution >= 4 is 23.3 Å². The molecule has 2 aromatic carbocycles. The second-order valence-corrected chi connectivity index (χ2v) is 12.5. The van der Waals surface area contributed by atoms with Crippen molar-refractivity contribution in [1.29, 1.82) is 0 Å². The minimum absolute atomic E-state index is 0.0307. The number of carbonyl (C=O) groups is 3. The van der Waals surface area contributed by atoms with Gasteiger partial charge in [-0.25, -0.2) is 5.01 Å². The zero-order chi connectivity index (χ0) is 29.0. The molecule has 4 N–H and O–H groups in total. The first-order chi connectivity index (χ1) is 19.6. The summed E-state index contributed by atoms with van der Waals surface area (Å²) in [6.45, 7) is 5.81. The molecule has 0 spiro atoms. The first kappa shape index (κ1) is 29.0. The van der Waals surface area contributed by atoms with Crippen LogP contribution in [0.25, 0.3) is 5.57 Å². The molecule has 1 unspecified atom stereocenters. The number of likely N-dealkylation sites (tertiary alicyclic amines) is 1. The van der Waals surface area contributed by atoms with E-state index in [1.165, 1.54) is 5.56 Å². The summed E-state index contributed by atoms with van der Waals surface area (Å²) in [7, 11) is 0. The highest BCUT2D eigenvalue weighted by atomic mass is 16.2. The van der Waals surface area contributed by atoms with Gasteiger partial charge in [0.1, 0.15) is 6.04 Å². The Bertz CT molecular complexity index is 1300. The van der Waals surface area contributed by atoms with Crippen LogP contribution in [-0.2, 0) is 27.2 Å². The molecule has 1 aliphatic carbocycles. The fraction of sp³-hybridized carbons (Fsp3) is 0.485. The molecule has 218 valence electrons. The highest BCUT2D eigenvalue weighted by Gasteiger charge is 2.45. The Hall–Kier alpha value is -3.49. The molecule has 41 heavy (non-hydrogen) atoms. The zero-order valence-corrected chi connectivity index (χ0v) is 24.3. The van der Waals surface area contributed by atoms with Crippen molar-refractivity contribution in [2.45, 2.75) is 70.4 Å². The summed E-state index contributed by atoms with van der Waals surface area (Å²) in [6.07, 6.45) is 7.40. The number of piperidine rings is 1. The van der Waals surface area contributed by atoms with E-state index in [-0.39, 0.29) is 17.7 Å². The molecule has 2 aliphatic heterocycles. The van der Waals surface area contributed by atoms with Gasteiger partial charge in [0.05, 0.1) is 11.0 Å². The quantitative estimate of drug-likeness (QED) is 0.439. The van der Waals surface area contributed by atoms with Crippen LogP contribution in [0.4, 0.5) is 0 Å². The lowest BCUT2D eigenvalue weighted by Crippen LogP contribution is -2.61. The highest BCUT2D eigenvalue weighted by molar-refractivity contribution is 5.93. The number of nitrogens with two attached hydrogens (primary N) is 1. The number of nitrogens with zero attached hydrogens (tertiary/aromatic N) is 2. The molecule has 0 saturated carbocycles. The Kier molecular flexibility index (Phi) is 8.61. The highest BCUT2D eigenvalue weighted by Crippen LogP contribution is 2.36. The van der Waals surface area contributed by atoms with E-state index in [0.717, 1.165) is 49.1 Å². The summed E-state index contributed by atoms with van der Waals surface area (Å²) in [5.41, 5.74) is 11.9. The van der Waals surface area contributed by atoms with E-state index >= 15 is 0 Å². The third-order valence-corrected chi connectivity index (χ3v) is 8.67. The summed E-state index contributed by atoms with van der Waals surface area (Å²) in [5.74, 6) is -0.571. The minimum atomic E-state index is -1.13. The van der Waals surface area contributed by atoms with Crippen LogP contribution in [0, 0.1) is 5.41 Å². The molecule has 0 aromatic heterocycles. The predicted molar refractivity (Wildman–Crippen MR) is 160 cm³/mol. The number of fused-ring (bicyclic) bond motifs is 1. The van der Waals surface area contributed by atoms with Crippen LogP contribution >= 0.6 is 0 Å². The topological polar surface area (TPSA) is 108 Å². The van der Waals surface area contributed by atoms with Gasteiger partial charge >= 0.3 is 0 Å². The number of carbonyl (C=O) groups excluding carboxylic acids is 3. The number of nitrogens with one attached hydrogen (secondary N) is 2. The van der Waals surface area contributed by atoms with E-state index in [4.69, 9.17) is 5.73 Å². The van der Waals surface area contributed by atoms with Crippen molar-refractivity contribution in [3.8, 4) is 0 Å². The first-order valence-corrected chi connectivity index (χ1v) is 14.9. The molecular formula is C33H43N5O3. The Balaban J connectivity index is 1.40. The van der Waals surface area contributed by atoms with Crippen LogP contribution in [0.5, 0.6) is 0 Å². The van der Waals surface area contributed by atoms with E-state index in [1.54, 1.807) is 18.7 Å². The van der Waals surface area contributed by atoms with Crippen LogP contribution in [0.15, 0.2) is 60.7 Å². The normalized spacial score (nSPS) is 21.6. The van der Waals surface area contributed by atoms with Gasteiger partial charge in [-0.3, -0.25) is 19.8 Å². The van der Waals surface area contributed by atoms with Gasteiger partial charge in [0.15, 0.2) is 0 Å². The molecular weight excluding hydrogens is 514 g/mol. The van der Waals surface area contributed by atoms with Gasteiger partial charge in [0, 0.05) is 32.6 Å². The standard InChI is InChI=1S/C33H43N5O3/c1-32(2,34)30(40)35-28(21-26-16-15-25-13-6-7-14-27(25)26)29(39)37-18-10-17-33(23-37,22-24-11-4-3-5-12-24)31(41)36-38-19-8-9-20-38/h3-7,11-14,16,28H,8-10,15,17-23,34H2,1-2H3,(H,35,40)(H,36,41)/t28-,33?/m1/s1. The van der Waals surface area contributed by atoms with E-state index in [2.05, 4.69) is 29.0 Å². The fourth-order valence-corrected chi connectivity index (χ4v) is 6.34. The van der Waals surface area contributed by atoms with Crippen molar-refractivity contribution in [2.75, 3.05) is 26.2 Å². The Morgan fingerprint density at radius 2 is 1.68 bits per heavy atom. The van der Waals surface area contributed by atoms with Gasteiger partial charge in [0.25, 0.3) is 0 Å². The largest absolute Gasteiger partial charge is 0.342 e. The van der Waals surface area contributed by atoms with E-state index in [0.29, 0.717) is 38.8 Å². The average molecular weight is 558 g/mol. The SMILES string of the molecule is CC(C)(N)C(=O)N[C@H](CC1=CCc2ccccc21)C(=O)N1CCCC(Cc2ccccc2)(C(=O)NN2CCCC2)C1. The molecule has 0 bridgehead atoms. The number of hydrogen-bond donors (Lipinski definition) is 3. The van der Waals surface area contributed by atoms with E-state index in [9.17, 15) is 14.4 Å². The molecule has 3 amide bonds. The van der Waals surface area contributed by atoms with Crippen molar-refractivity contribution in [3.05, 3.63) is 77.4 Å². The van der Waals surface area contributed by atoms with Gasteiger partial charge in [-0.05, 0) is 74.6 Å². The maximum absolute atomic E-state index is 14.3. The number of rotatable bonds is 9. The van der Waals surface area contributed by atoms with Gasteiger partial charge in [-0.1, -0.05) is 60.7 Å². The third kappa shape index (κ3) is 6.71. The second-order valence-electron chi connectivity index (χ2n) is 12.5. The van der Waals surface area contributed by atoms with Gasteiger partial charge in [-0.15, -0.1) is 0 Å². The Morgan fingerprint density at radius 1 is 0.976 bits per heavy atom. The van der Waals surface area contributed by atoms with Crippen molar-refractivity contribution in [3.63, 3.8) is 0 Å². The summed E-state index contributed by atoms with van der Waals surface area (Å²) in [4.78, 5) is 43.1. The monoisotopic (exact) mass is 557 g/mol. The molecule has 8 nitrogen and oxygen atoms in total. The first-order valence-electron chi connectivity index (χ1n) is 14.9. The zero-order valence-electron chi connectivity index (χ0n) is 24.3. The number of allylic oxidation sites excluding steroid dienone is 1. The summed E-state index contributed by atoms with van der Waals surface area (Å²) in [5, 5.41) is 4.98. The Labute approximate surface area is 243 Å². The fourth-order valence-electron chi connectivity index (χ4n) is 6.34. The van der Waals surface area contributed by atoms with Crippen molar-refractivity contribution < 1.29 is 14.4 Å². The van der Waals surface area contributed by atoms with E-state index < -0.39 is 17.0 Å². The van der Waals surface area contributed by atoms with Gasteiger partial charge in [-0.2, -0.15) is 0 Å². The smallest absolute Gasteiger partial charge is 0.245 e. The molecule has 2 heterocycles. The maximum atomic E-state index is 14.3. The van der Waals surface area contributed by atoms with Crippen LogP contribution in [-0.4, -0.2) is 65.4 Å². The maximum Gasteiger partial charge on any atom is 0.245 e. The van der Waals surface area contributed by atoms with Crippen LogP contribution < -0.4 is 16.5 Å². The molecule has 5 rings (SSSR count). The number of hydrazine groups is 1. The second kappa shape index (κ2) is 12.2. The molecule has 2 aromatic rings. The molecule has 2 fully saturated rings. The number of amides is 3. The van der Waals surface area contributed by atoms with E-state index in [1.807, 2.05) is 47.5 Å². The predicted octanol–water partition coefficient (Wildman–Crippen LogP) is 3.22. The summed E-state index contributed by atoms with van der Waals surface area (Å²) < 4.78 is 0. The summed E-state index contributed by atoms with van der Waals surface area (Å²) >= 11 is 0. The number of benzene rings is 2. The average Bonchev–Trinajstić information content (AvgIpc) is 3.62. The molecule has 3 aliphatic rings. The van der Waals surface area contributed by atoms with Gasteiger partial charge in [0.2, 0.25) is 17.7 Å². The molecule has 0 radical (unpaired) electrons. The van der Waals surface area contributed by atoms with Crippen molar-refractivity contribution in [1.82, 2.24) is 20.7 Å². The minimum Gasteiger partial charge on any atom is -0.342 e. The lowest BCUT2D eigenvalue weighted by Gasteiger charge is -2.43. The van der Waals surface area contributed by atoms with Crippen molar-refractivity contribution in [2.24, 2.45) is 11.1 Å². The lowest BCUT2D eigenvalue weighted by molar-refractivity contribution is -0.146. The molecule has 8 heteroatoms. The third-order valence-electron chi connectivity index (χ3n) is 8.67. The summed E-state index contributed by atoms with van der Waals surface area (Å²) in [6, 6.07) is 17.4. The van der Waals surface area contributed by atoms with Crippen LogP contribution in [0.1, 0.15) is 62.6 Å². The lowest BCUT2D eigenvalue weighted by atomic mass is 9.74. The van der Waals surface area contributed by atoms with Gasteiger partial charge < -0.3 is 16.0 Å². The van der Waals surface area contributed by atoms with Crippen LogP contribution in [0.3, 0.4) is 0 Å².